The summed E-state index contributed by atoms with van der Waals surface area (Å²) in [6, 6.07) is 0. The van der Waals surface area contributed by atoms with Gasteiger partial charge in [0.1, 0.15) is 6.61 Å². The molecule has 5 heteroatoms. The molecule has 202 valence electrons. The Kier molecular flexibility index (Phi) is 9.23. The van der Waals surface area contributed by atoms with Gasteiger partial charge in [-0.15, -0.1) is 6.42 Å². The van der Waals surface area contributed by atoms with Crippen LogP contribution in [0.25, 0.3) is 0 Å². The number of fused-ring (bicyclic) bond motifs is 5. The lowest BCUT2D eigenvalue weighted by atomic mass is 9.47. The molecule has 36 heavy (non-hydrogen) atoms. The molecule has 4 aliphatic rings. The Morgan fingerprint density at radius 2 is 1.97 bits per heavy atom. The Labute approximate surface area is 219 Å². The van der Waals surface area contributed by atoms with Gasteiger partial charge in [-0.1, -0.05) is 38.3 Å². The molecule has 0 aromatic heterocycles. The lowest BCUT2D eigenvalue weighted by molar-refractivity contribution is -0.121. The molecule has 2 N–H and O–H groups in total. The van der Waals surface area contributed by atoms with Gasteiger partial charge in [0.2, 0.25) is 5.91 Å². The van der Waals surface area contributed by atoms with Crippen LogP contribution in [0.3, 0.4) is 0 Å². The highest BCUT2D eigenvalue weighted by molar-refractivity contribution is 5.75. The first-order valence-electron chi connectivity index (χ1n) is 14.5. The minimum atomic E-state index is -0.130. The number of allylic oxidation sites excluding steroid dienone is 1. The summed E-state index contributed by atoms with van der Waals surface area (Å²) in [7, 11) is 0. The molecule has 5 nitrogen and oxygen atoms in total. The van der Waals surface area contributed by atoms with E-state index in [4.69, 9.17) is 15.9 Å². The highest BCUT2D eigenvalue weighted by Crippen LogP contribution is 2.67. The van der Waals surface area contributed by atoms with Crippen molar-refractivity contribution in [2.75, 3.05) is 33.0 Å². The van der Waals surface area contributed by atoms with Gasteiger partial charge in [-0.2, -0.15) is 0 Å². The maximum absolute atomic E-state index is 12.4. The fourth-order valence-electron chi connectivity index (χ4n) is 8.88. The van der Waals surface area contributed by atoms with Crippen molar-refractivity contribution < 1.29 is 19.4 Å². The molecule has 0 aromatic carbocycles. The minimum Gasteiger partial charge on any atom is -0.393 e. The summed E-state index contributed by atoms with van der Waals surface area (Å²) in [5, 5.41) is 13.3. The number of aliphatic hydroxyl groups excluding tert-OH is 1. The number of nitrogens with one attached hydrogen (secondary N) is 1. The second-order valence-electron chi connectivity index (χ2n) is 12.6. The molecular weight excluding hydrogens is 450 g/mol. The predicted molar refractivity (Wildman–Crippen MR) is 143 cm³/mol. The van der Waals surface area contributed by atoms with Crippen molar-refractivity contribution in [3.05, 3.63) is 11.6 Å². The Morgan fingerprint density at radius 1 is 1.17 bits per heavy atom. The third kappa shape index (κ3) is 5.71. The second kappa shape index (κ2) is 12.0. The number of ether oxygens (including phenoxy) is 2. The largest absolute Gasteiger partial charge is 0.393 e. The van der Waals surface area contributed by atoms with Crippen molar-refractivity contribution in [1.82, 2.24) is 5.32 Å². The molecule has 0 spiro atoms. The molecule has 4 aliphatic carbocycles. The van der Waals surface area contributed by atoms with E-state index in [1.54, 1.807) is 5.57 Å². The average Bonchev–Trinajstić information content (AvgIpc) is 3.22. The van der Waals surface area contributed by atoms with Crippen LogP contribution >= 0.6 is 0 Å². The van der Waals surface area contributed by atoms with Crippen molar-refractivity contribution in [3.63, 3.8) is 0 Å². The second-order valence-corrected chi connectivity index (χ2v) is 12.6. The van der Waals surface area contributed by atoms with E-state index in [0.29, 0.717) is 62.1 Å². The smallest absolute Gasteiger partial charge is 0.220 e. The van der Waals surface area contributed by atoms with E-state index in [-0.39, 0.29) is 12.0 Å². The molecule has 3 saturated carbocycles. The summed E-state index contributed by atoms with van der Waals surface area (Å²) in [4.78, 5) is 12.4. The van der Waals surface area contributed by atoms with Crippen LogP contribution in [0, 0.1) is 52.8 Å². The fraction of sp³-hybridized carbons (Fsp3) is 0.839. The highest BCUT2D eigenvalue weighted by Gasteiger charge is 2.59. The Balaban J connectivity index is 1.24. The molecule has 0 aromatic rings. The first-order valence-corrected chi connectivity index (χ1v) is 14.5. The molecule has 4 rings (SSSR count). The lowest BCUT2D eigenvalue weighted by Gasteiger charge is -2.58. The monoisotopic (exact) mass is 499 g/mol. The highest BCUT2D eigenvalue weighted by atomic mass is 16.5. The molecule has 0 unspecified atom stereocenters. The third-order valence-corrected chi connectivity index (χ3v) is 10.8. The zero-order chi connectivity index (χ0) is 25.8. The van der Waals surface area contributed by atoms with Gasteiger partial charge in [-0.25, -0.2) is 0 Å². The summed E-state index contributed by atoms with van der Waals surface area (Å²) in [6.07, 6.45) is 18.7. The zero-order valence-electron chi connectivity index (χ0n) is 22.9. The van der Waals surface area contributed by atoms with Gasteiger partial charge in [0.15, 0.2) is 0 Å². The van der Waals surface area contributed by atoms with E-state index in [1.165, 1.54) is 32.1 Å². The van der Waals surface area contributed by atoms with Crippen LogP contribution in [0.4, 0.5) is 0 Å². The van der Waals surface area contributed by atoms with Crippen LogP contribution < -0.4 is 5.32 Å². The normalized spacial score (nSPS) is 38.2. The number of carbonyl (C=O) groups excluding carboxylic acids is 1. The van der Waals surface area contributed by atoms with E-state index < -0.39 is 0 Å². The summed E-state index contributed by atoms with van der Waals surface area (Å²) in [5.41, 5.74) is 2.27. The van der Waals surface area contributed by atoms with E-state index in [9.17, 15) is 9.90 Å². The predicted octanol–water partition coefficient (Wildman–Crippen LogP) is 5.13. The minimum absolute atomic E-state index is 0.130. The number of hydrogen-bond donors (Lipinski definition) is 2. The first kappa shape index (κ1) is 27.7. The van der Waals surface area contributed by atoms with Gasteiger partial charge in [0.05, 0.1) is 25.9 Å². The average molecular weight is 500 g/mol. The summed E-state index contributed by atoms with van der Waals surface area (Å²) >= 11 is 0. The molecule has 1 amide bonds. The van der Waals surface area contributed by atoms with Gasteiger partial charge >= 0.3 is 0 Å². The van der Waals surface area contributed by atoms with E-state index >= 15 is 0 Å². The van der Waals surface area contributed by atoms with Gasteiger partial charge in [-0.05, 0) is 98.2 Å². The van der Waals surface area contributed by atoms with Crippen LogP contribution in [0.5, 0.6) is 0 Å². The molecule has 0 radical (unpaired) electrons. The SMILES string of the molecule is C#CCOCCOCCNC(=O)CC[C@@H](C)[C@H]1CC[C@H]2[C@@H]3CC=C4C[C@@H](O)CC[C@]4(C)[C@H]3CC[C@]12C. The molecule has 8 atom stereocenters. The Morgan fingerprint density at radius 3 is 2.78 bits per heavy atom. The summed E-state index contributed by atoms with van der Waals surface area (Å²) in [5.74, 6) is 6.24. The van der Waals surface area contributed by atoms with Crippen molar-refractivity contribution in [3.8, 4) is 12.3 Å². The number of amides is 1. The fourth-order valence-corrected chi connectivity index (χ4v) is 8.88. The number of aliphatic hydroxyl groups is 1. The number of hydrogen-bond acceptors (Lipinski definition) is 4. The zero-order valence-corrected chi connectivity index (χ0v) is 22.9. The lowest BCUT2D eigenvalue weighted by Crippen LogP contribution is -2.50. The van der Waals surface area contributed by atoms with Gasteiger partial charge < -0.3 is 19.9 Å². The summed E-state index contributed by atoms with van der Waals surface area (Å²) < 4.78 is 10.6. The molecule has 0 bridgehead atoms. The van der Waals surface area contributed by atoms with Crippen LogP contribution in [0.15, 0.2) is 11.6 Å². The van der Waals surface area contributed by atoms with E-state index in [1.807, 2.05) is 0 Å². The number of carbonyl (C=O) groups is 1. The van der Waals surface area contributed by atoms with Crippen molar-refractivity contribution in [2.24, 2.45) is 40.4 Å². The molecule has 0 aliphatic heterocycles. The topological polar surface area (TPSA) is 67.8 Å². The molecule has 0 heterocycles. The molecular formula is C31H49NO4. The van der Waals surface area contributed by atoms with Crippen LogP contribution in [0.2, 0.25) is 0 Å². The maximum atomic E-state index is 12.4. The Hall–Kier alpha value is -1.35. The summed E-state index contributed by atoms with van der Waals surface area (Å²) in [6.45, 7) is 9.81. The van der Waals surface area contributed by atoms with Crippen LogP contribution in [-0.4, -0.2) is 50.1 Å². The molecule has 3 fully saturated rings. The van der Waals surface area contributed by atoms with Crippen molar-refractivity contribution >= 4 is 5.91 Å². The van der Waals surface area contributed by atoms with E-state index in [0.717, 1.165) is 43.4 Å². The van der Waals surface area contributed by atoms with Crippen molar-refractivity contribution in [1.29, 1.82) is 0 Å². The van der Waals surface area contributed by atoms with E-state index in [2.05, 4.69) is 38.1 Å². The quantitative estimate of drug-likeness (QED) is 0.235. The first-order chi connectivity index (χ1) is 17.3. The standard InChI is InChI=1S/C31H49NO4/c1-5-17-35-19-20-36-18-16-32-29(34)11-6-22(2)26-9-10-27-25-8-7-23-21-24(33)12-14-30(23,3)28(25)13-15-31(26,27)4/h1,7,22,24-28,33H,6,8-21H2,2-4H3,(H,32,34)/t22-,24+,25+,26-,27+,28+,30+,31-/m1/s1. The number of rotatable bonds is 11. The number of terminal acetylenes is 1. The van der Waals surface area contributed by atoms with Gasteiger partial charge in [0, 0.05) is 13.0 Å². The van der Waals surface area contributed by atoms with Crippen LogP contribution in [-0.2, 0) is 14.3 Å². The third-order valence-electron chi connectivity index (χ3n) is 10.8. The van der Waals surface area contributed by atoms with Gasteiger partial charge in [0.25, 0.3) is 0 Å². The van der Waals surface area contributed by atoms with Gasteiger partial charge in [-0.3, -0.25) is 4.79 Å². The maximum Gasteiger partial charge on any atom is 0.220 e. The van der Waals surface area contributed by atoms with Crippen molar-refractivity contribution in [2.45, 2.75) is 91.1 Å². The van der Waals surface area contributed by atoms with Crippen LogP contribution in [0.1, 0.15) is 85.0 Å². The molecule has 0 saturated heterocycles. The Bertz CT molecular complexity index is 833.